The highest BCUT2D eigenvalue weighted by Crippen LogP contribution is 2.37. The molecule has 0 amide bonds. The number of hydrogen-bond donors (Lipinski definition) is 1. The van der Waals surface area contributed by atoms with Gasteiger partial charge in [0.2, 0.25) is 0 Å². The average Bonchev–Trinajstić information content (AvgIpc) is 2.53. The van der Waals surface area contributed by atoms with Crippen molar-refractivity contribution in [2.75, 3.05) is 0 Å². The van der Waals surface area contributed by atoms with Crippen molar-refractivity contribution in [1.82, 2.24) is 0 Å². The number of ether oxygens (including phenoxy) is 1. The zero-order valence-corrected chi connectivity index (χ0v) is 11.9. The lowest BCUT2D eigenvalue weighted by Gasteiger charge is -2.21. The van der Waals surface area contributed by atoms with Crippen molar-refractivity contribution < 1.29 is 14.6 Å². The molecule has 0 fully saturated rings. The van der Waals surface area contributed by atoms with Crippen LogP contribution in [-0.2, 0) is 0 Å². The molecule has 96 valence electrons. The highest BCUT2D eigenvalue weighted by atomic mass is 35.5. The average molecular weight is 285 g/mol. The summed E-state index contributed by atoms with van der Waals surface area (Å²) in [6.45, 7) is 5.88. The fraction of sp³-hybridized carbons (Fsp3) is 0.308. The van der Waals surface area contributed by atoms with Gasteiger partial charge in [-0.1, -0.05) is 11.6 Å². The summed E-state index contributed by atoms with van der Waals surface area (Å²) in [5, 5.41) is 10.1. The molecule has 0 atom stereocenters. The van der Waals surface area contributed by atoms with Gasteiger partial charge in [-0.2, -0.15) is 0 Å². The topological polar surface area (TPSA) is 46.5 Å². The lowest BCUT2D eigenvalue weighted by Crippen LogP contribution is -2.22. The van der Waals surface area contributed by atoms with Crippen LogP contribution >= 0.6 is 22.9 Å². The SMILES string of the molecule is CC(C)(C)Oc1ccc2c(Cl)c(C(=O)O)sc2c1. The van der Waals surface area contributed by atoms with Crippen molar-refractivity contribution in [3.05, 3.63) is 28.1 Å². The Labute approximate surface area is 114 Å². The van der Waals surface area contributed by atoms with Crippen LogP contribution in [0.3, 0.4) is 0 Å². The Kier molecular flexibility index (Phi) is 3.25. The second-order valence-corrected chi connectivity index (χ2v) is 6.35. The summed E-state index contributed by atoms with van der Waals surface area (Å²) in [6.07, 6.45) is 0. The maximum Gasteiger partial charge on any atom is 0.347 e. The molecule has 2 rings (SSSR count). The maximum absolute atomic E-state index is 11.0. The zero-order valence-electron chi connectivity index (χ0n) is 10.3. The third kappa shape index (κ3) is 2.60. The van der Waals surface area contributed by atoms with Crippen LogP contribution in [0, 0.1) is 0 Å². The fourth-order valence-corrected chi connectivity index (χ4v) is 2.98. The minimum atomic E-state index is -1.00. The third-order valence-corrected chi connectivity index (χ3v) is 3.86. The highest BCUT2D eigenvalue weighted by molar-refractivity contribution is 7.21. The Morgan fingerprint density at radius 3 is 2.61 bits per heavy atom. The first-order valence-corrected chi connectivity index (χ1v) is 6.62. The zero-order chi connectivity index (χ0) is 13.5. The monoisotopic (exact) mass is 284 g/mol. The van der Waals surface area contributed by atoms with E-state index in [0.29, 0.717) is 10.8 Å². The number of hydrogen-bond acceptors (Lipinski definition) is 3. The Bertz CT molecular complexity index is 610. The van der Waals surface area contributed by atoms with Gasteiger partial charge in [-0.05, 0) is 39.0 Å². The molecule has 0 spiro atoms. The summed E-state index contributed by atoms with van der Waals surface area (Å²) in [5.74, 6) is -0.288. The normalized spacial score (nSPS) is 11.8. The number of carboxylic acid groups (broad SMARTS) is 1. The molecule has 3 nitrogen and oxygen atoms in total. The van der Waals surface area contributed by atoms with E-state index in [1.165, 1.54) is 0 Å². The van der Waals surface area contributed by atoms with Crippen LogP contribution in [-0.4, -0.2) is 16.7 Å². The number of thiophene rings is 1. The summed E-state index contributed by atoms with van der Waals surface area (Å²) in [5.41, 5.74) is -0.287. The summed E-state index contributed by atoms with van der Waals surface area (Å²) >= 11 is 7.19. The lowest BCUT2D eigenvalue weighted by atomic mass is 10.2. The van der Waals surface area contributed by atoms with Crippen molar-refractivity contribution in [2.24, 2.45) is 0 Å². The van der Waals surface area contributed by atoms with Gasteiger partial charge >= 0.3 is 5.97 Å². The minimum Gasteiger partial charge on any atom is -0.488 e. The standard InChI is InChI=1S/C13H13ClO3S/c1-13(2,3)17-7-4-5-8-9(6-7)18-11(10(8)14)12(15)16/h4-6H,1-3H3,(H,15,16). The van der Waals surface area contributed by atoms with Crippen molar-refractivity contribution in [1.29, 1.82) is 0 Å². The molecule has 1 N–H and O–H groups in total. The molecule has 1 aromatic heterocycles. The molecule has 0 aliphatic heterocycles. The Morgan fingerprint density at radius 1 is 1.39 bits per heavy atom. The highest BCUT2D eigenvalue weighted by Gasteiger charge is 2.18. The van der Waals surface area contributed by atoms with Crippen LogP contribution in [0.1, 0.15) is 30.4 Å². The van der Waals surface area contributed by atoms with E-state index in [1.54, 1.807) is 12.1 Å². The van der Waals surface area contributed by atoms with E-state index >= 15 is 0 Å². The predicted molar refractivity (Wildman–Crippen MR) is 74.2 cm³/mol. The molecule has 0 aliphatic carbocycles. The molecule has 0 saturated carbocycles. The summed E-state index contributed by atoms with van der Waals surface area (Å²) in [4.78, 5) is 11.2. The molecule has 0 unspecified atom stereocenters. The number of aromatic carboxylic acids is 1. The van der Waals surface area contributed by atoms with Gasteiger partial charge in [-0.3, -0.25) is 0 Å². The Hall–Kier alpha value is -1.26. The largest absolute Gasteiger partial charge is 0.488 e. The smallest absolute Gasteiger partial charge is 0.347 e. The molecule has 0 radical (unpaired) electrons. The van der Waals surface area contributed by atoms with Gasteiger partial charge in [-0.25, -0.2) is 4.79 Å². The number of carbonyl (C=O) groups is 1. The lowest BCUT2D eigenvalue weighted by molar-refractivity contribution is 0.0702. The second-order valence-electron chi connectivity index (χ2n) is 4.92. The van der Waals surface area contributed by atoms with Gasteiger partial charge in [0.05, 0.1) is 5.02 Å². The Morgan fingerprint density at radius 2 is 2.06 bits per heavy atom. The van der Waals surface area contributed by atoms with E-state index in [9.17, 15) is 4.79 Å². The van der Waals surface area contributed by atoms with E-state index in [4.69, 9.17) is 21.4 Å². The molecule has 0 aliphatic rings. The van der Waals surface area contributed by atoms with Crippen LogP contribution < -0.4 is 4.74 Å². The van der Waals surface area contributed by atoms with Crippen LogP contribution in [0.5, 0.6) is 5.75 Å². The van der Waals surface area contributed by atoms with Crippen molar-refractivity contribution in [3.63, 3.8) is 0 Å². The molecule has 1 heterocycles. The summed E-state index contributed by atoms with van der Waals surface area (Å²) < 4.78 is 6.55. The molecule has 0 saturated heterocycles. The van der Waals surface area contributed by atoms with Crippen LogP contribution in [0.25, 0.3) is 10.1 Å². The molecular formula is C13H13ClO3S. The van der Waals surface area contributed by atoms with Gasteiger partial charge in [0.25, 0.3) is 0 Å². The number of rotatable bonds is 2. The number of fused-ring (bicyclic) bond motifs is 1. The van der Waals surface area contributed by atoms with Gasteiger partial charge in [0, 0.05) is 10.1 Å². The van der Waals surface area contributed by atoms with Crippen molar-refractivity contribution >= 4 is 39.0 Å². The van der Waals surface area contributed by atoms with Gasteiger partial charge in [0.1, 0.15) is 16.2 Å². The fourth-order valence-electron chi connectivity index (χ4n) is 1.60. The Balaban J connectivity index is 2.49. The first kappa shape index (κ1) is 13.2. The van der Waals surface area contributed by atoms with Gasteiger partial charge in [0.15, 0.2) is 0 Å². The van der Waals surface area contributed by atoms with E-state index in [-0.39, 0.29) is 10.5 Å². The number of halogens is 1. The number of benzene rings is 1. The van der Waals surface area contributed by atoms with E-state index in [2.05, 4.69) is 0 Å². The summed E-state index contributed by atoms with van der Waals surface area (Å²) in [7, 11) is 0. The maximum atomic E-state index is 11.0. The van der Waals surface area contributed by atoms with Crippen LogP contribution in [0.2, 0.25) is 5.02 Å². The van der Waals surface area contributed by atoms with Crippen molar-refractivity contribution in [3.8, 4) is 5.75 Å². The first-order valence-electron chi connectivity index (χ1n) is 5.42. The molecular weight excluding hydrogens is 272 g/mol. The minimum absolute atomic E-state index is 0.166. The third-order valence-electron chi connectivity index (χ3n) is 2.22. The second kappa shape index (κ2) is 4.44. The van der Waals surface area contributed by atoms with E-state index < -0.39 is 5.97 Å². The van der Waals surface area contributed by atoms with Crippen molar-refractivity contribution in [2.45, 2.75) is 26.4 Å². The molecule has 5 heteroatoms. The molecule has 1 aromatic carbocycles. The van der Waals surface area contributed by atoms with E-state index in [1.807, 2.05) is 26.8 Å². The quantitative estimate of drug-likeness (QED) is 0.887. The number of carboxylic acids is 1. The van der Waals surface area contributed by atoms with Gasteiger partial charge < -0.3 is 9.84 Å². The van der Waals surface area contributed by atoms with Crippen LogP contribution in [0.4, 0.5) is 0 Å². The molecule has 2 aromatic rings. The molecule has 0 bridgehead atoms. The van der Waals surface area contributed by atoms with E-state index in [0.717, 1.165) is 21.4 Å². The molecule has 18 heavy (non-hydrogen) atoms. The first-order chi connectivity index (χ1) is 8.28. The predicted octanol–water partition coefficient (Wildman–Crippen LogP) is 4.43. The summed E-state index contributed by atoms with van der Waals surface area (Å²) in [6, 6.07) is 5.42. The van der Waals surface area contributed by atoms with Crippen LogP contribution in [0.15, 0.2) is 18.2 Å². The van der Waals surface area contributed by atoms with Gasteiger partial charge in [-0.15, -0.1) is 11.3 Å².